The van der Waals surface area contributed by atoms with Gasteiger partial charge >= 0.3 is 0 Å². The zero-order valence-corrected chi connectivity index (χ0v) is 10.7. The van der Waals surface area contributed by atoms with Crippen molar-refractivity contribution < 1.29 is 9.18 Å². The Bertz CT molecular complexity index is 603. The number of benzene rings is 1. The number of hydrogen-bond acceptors (Lipinski definition) is 4. The molecule has 0 saturated carbocycles. The molecule has 0 aliphatic carbocycles. The molecular formula is C12H10ClFN4O. The van der Waals surface area contributed by atoms with Crippen molar-refractivity contribution in [1.29, 1.82) is 0 Å². The molecule has 0 saturated heterocycles. The fraction of sp³-hybridized carbons (Fsp3) is 0.0833. The predicted octanol–water partition coefficient (Wildman–Crippen LogP) is 2.56. The van der Waals surface area contributed by atoms with Crippen molar-refractivity contribution in [3.05, 3.63) is 46.9 Å². The second-order valence-corrected chi connectivity index (χ2v) is 4.04. The van der Waals surface area contributed by atoms with Gasteiger partial charge in [-0.15, -0.1) is 10.2 Å². The van der Waals surface area contributed by atoms with Gasteiger partial charge in [0.1, 0.15) is 11.6 Å². The standard InChI is InChI=1S/C12H10ClFN4O/c1-15-11-5-4-9(17-18-11)12(19)16-10-6-7(14)2-3-8(10)13/h2-6H,1H3,(H,15,18)(H,16,19). The highest BCUT2D eigenvalue weighted by atomic mass is 35.5. The Morgan fingerprint density at radius 3 is 2.68 bits per heavy atom. The Kier molecular flexibility index (Phi) is 3.91. The number of nitrogens with zero attached hydrogens (tertiary/aromatic N) is 2. The molecule has 2 N–H and O–H groups in total. The summed E-state index contributed by atoms with van der Waals surface area (Å²) in [5.74, 6) is -0.459. The van der Waals surface area contributed by atoms with Gasteiger partial charge in [0, 0.05) is 7.05 Å². The van der Waals surface area contributed by atoms with Gasteiger partial charge in [0.2, 0.25) is 0 Å². The molecule has 1 heterocycles. The maximum Gasteiger partial charge on any atom is 0.276 e. The molecule has 0 bridgehead atoms. The number of aromatic nitrogens is 2. The molecule has 2 aromatic rings. The van der Waals surface area contributed by atoms with Crippen LogP contribution in [0.2, 0.25) is 5.02 Å². The molecule has 0 spiro atoms. The molecule has 5 nitrogen and oxygen atoms in total. The molecular weight excluding hydrogens is 271 g/mol. The summed E-state index contributed by atoms with van der Waals surface area (Å²) < 4.78 is 13.1. The van der Waals surface area contributed by atoms with Gasteiger partial charge in [-0.25, -0.2) is 4.39 Å². The number of rotatable bonds is 3. The Morgan fingerprint density at radius 2 is 2.05 bits per heavy atom. The average molecular weight is 281 g/mol. The van der Waals surface area contributed by atoms with Crippen molar-refractivity contribution in [2.45, 2.75) is 0 Å². The van der Waals surface area contributed by atoms with Gasteiger partial charge in [0.15, 0.2) is 5.69 Å². The number of halogens is 2. The maximum absolute atomic E-state index is 13.1. The first kappa shape index (κ1) is 13.2. The van der Waals surface area contributed by atoms with Crippen LogP contribution in [0.25, 0.3) is 0 Å². The lowest BCUT2D eigenvalue weighted by molar-refractivity contribution is 0.102. The van der Waals surface area contributed by atoms with Gasteiger partial charge in [-0.1, -0.05) is 11.6 Å². The number of carbonyl (C=O) groups is 1. The molecule has 7 heteroatoms. The highest BCUT2D eigenvalue weighted by molar-refractivity contribution is 6.33. The summed E-state index contributed by atoms with van der Waals surface area (Å²) >= 11 is 5.85. The quantitative estimate of drug-likeness (QED) is 0.907. The summed E-state index contributed by atoms with van der Waals surface area (Å²) in [5, 5.41) is 13.0. The fourth-order valence-electron chi connectivity index (χ4n) is 1.37. The van der Waals surface area contributed by atoms with E-state index >= 15 is 0 Å². The molecule has 0 aliphatic rings. The molecule has 1 aromatic heterocycles. The first-order chi connectivity index (χ1) is 9.10. The van der Waals surface area contributed by atoms with Crippen molar-refractivity contribution in [2.75, 3.05) is 17.7 Å². The van der Waals surface area contributed by atoms with E-state index in [2.05, 4.69) is 20.8 Å². The lowest BCUT2D eigenvalue weighted by Crippen LogP contribution is -2.15. The lowest BCUT2D eigenvalue weighted by atomic mass is 10.3. The van der Waals surface area contributed by atoms with E-state index in [1.807, 2.05) is 0 Å². The Balaban J connectivity index is 2.18. The molecule has 0 atom stereocenters. The number of nitrogens with one attached hydrogen (secondary N) is 2. The zero-order valence-electron chi connectivity index (χ0n) is 9.95. The van der Waals surface area contributed by atoms with Gasteiger partial charge < -0.3 is 10.6 Å². The molecule has 2 rings (SSSR count). The number of anilines is 2. The maximum atomic E-state index is 13.1. The molecule has 0 fully saturated rings. The van der Waals surface area contributed by atoms with Crippen LogP contribution in [-0.4, -0.2) is 23.2 Å². The van der Waals surface area contributed by atoms with E-state index in [4.69, 9.17) is 11.6 Å². The highest BCUT2D eigenvalue weighted by Crippen LogP contribution is 2.22. The van der Waals surface area contributed by atoms with Gasteiger partial charge in [-0.05, 0) is 30.3 Å². The van der Waals surface area contributed by atoms with E-state index in [9.17, 15) is 9.18 Å². The van der Waals surface area contributed by atoms with E-state index in [0.717, 1.165) is 6.07 Å². The van der Waals surface area contributed by atoms with Crippen LogP contribution in [0.1, 0.15) is 10.5 Å². The van der Waals surface area contributed by atoms with Crippen LogP contribution < -0.4 is 10.6 Å². The minimum atomic E-state index is -0.511. The Hall–Kier alpha value is -2.21. The first-order valence-corrected chi connectivity index (χ1v) is 5.76. The molecule has 0 aliphatic heterocycles. The van der Waals surface area contributed by atoms with Crippen LogP contribution in [-0.2, 0) is 0 Å². The smallest absolute Gasteiger partial charge is 0.276 e. The molecule has 1 amide bonds. The second-order valence-electron chi connectivity index (χ2n) is 3.63. The van der Waals surface area contributed by atoms with E-state index in [1.165, 1.54) is 18.2 Å². The zero-order chi connectivity index (χ0) is 13.8. The summed E-state index contributed by atoms with van der Waals surface area (Å²) in [6.45, 7) is 0. The SMILES string of the molecule is CNc1ccc(C(=O)Nc2cc(F)ccc2Cl)nn1. The molecule has 19 heavy (non-hydrogen) atoms. The second kappa shape index (κ2) is 5.62. The van der Waals surface area contributed by atoms with Crippen LogP contribution in [0.3, 0.4) is 0 Å². The van der Waals surface area contributed by atoms with E-state index in [0.29, 0.717) is 5.82 Å². The summed E-state index contributed by atoms with van der Waals surface area (Å²) in [5.41, 5.74) is 0.297. The van der Waals surface area contributed by atoms with E-state index in [-0.39, 0.29) is 16.4 Å². The predicted molar refractivity (Wildman–Crippen MR) is 70.9 cm³/mol. The van der Waals surface area contributed by atoms with E-state index in [1.54, 1.807) is 13.1 Å². The molecule has 0 radical (unpaired) electrons. The summed E-state index contributed by atoms with van der Waals surface area (Å²) in [4.78, 5) is 11.9. The fourth-order valence-corrected chi connectivity index (χ4v) is 1.53. The summed E-state index contributed by atoms with van der Waals surface area (Å²) in [6, 6.07) is 6.81. The minimum absolute atomic E-state index is 0.110. The summed E-state index contributed by atoms with van der Waals surface area (Å²) in [7, 11) is 1.69. The number of hydrogen-bond donors (Lipinski definition) is 2. The van der Waals surface area contributed by atoms with E-state index < -0.39 is 11.7 Å². The lowest BCUT2D eigenvalue weighted by Gasteiger charge is -2.06. The average Bonchev–Trinajstić information content (AvgIpc) is 2.43. The van der Waals surface area contributed by atoms with Crippen LogP contribution in [0.15, 0.2) is 30.3 Å². The van der Waals surface area contributed by atoms with Gasteiger partial charge in [0.25, 0.3) is 5.91 Å². The third kappa shape index (κ3) is 3.17. The Labute approximate surface area is 113 Å². The largest absolute Gasteiger partial charge is 0.372 e. The van der Waals surface area contributed by atoms with Crippen LogP contribution in [0.5, 0.6) is 0 Å². The number of amides is 1. The van der Waals surface area contributed by atoms with Gasteiger partial charge in [0.05, 0.1) is 10.7 Å². The minimum Gasteiger partial charge on any atom is -0.372 e. The summed E-state index contributed by atoms with van der Waals surface area (Å²) in [6.07, 6.45) is 0. The van der Waals surface area contributed by atoms with Crippen LogP contribution in [0, 0.1) is 5.82 Å². The normalized spacial score (nSPS) is 10.1. The monoisotopic (exact) mass is 280 g/mol. The van der Waals surface area contributed by atoms with Gasteiger partial charge in [-0.3, -0.25) is 4.79 Å². The van der Waals surface area contributed by atoms with Crippen molar-refractivity contribution in [3.63, 3.8) is 0 Å². The van der Waals surface area contributed by atoms with Crippen molar-refractivity contribution >= 4 is 29.0 Å². The molecule has 0 unspecified atom stereocenters. The number of carbonyl (C=O) groups excluding carboxylic acids is 1. The van der Waals surface area contributed by atoms with Crippen molar-refractivity contribution in [3.8, 4) is 0 Å². The van der Waals surface area contributed by atoms with Crippen LogP contribution >= 0.6 is 11.6 Å². The first-order valence-electron chi connectivity index (χ1n) is 5.38. The molecule has 98 valence electrons. The van der Waals surface area contributed by atoms with Crippen molar-refractivity contribution in [2.24, 2.45) is 0 Å². The third-order valence-electron chi connectivity index (χ3n) is 2.33. The highest BCUT2D eigenvalue weighted by Gasteiger charge is 2.11. The molecule has 1 aromatic carbocycles. The van der Waals surface area contributed by atoms with Crippen molar-refractivity contribution in [1.82, 2.24) is 10.2 Å². The topological polar surface area (TPSA) is 66.9 Å². The van der Waals surface area contributed by atoms with Crippen LogP contribution in [0.4, 0.5) is 15.9 Å². The Morgan fingerprint density at radius 1 is 1.26 bits per heavy atom. The third-order valence-corrected chi connectivity index (χ3v) is 2.66. The van der Waals surface area contributed by atoms with Gasteiger partial charge in [-0.2, -0.15) is 0 Å².